The fourth-order valence-electron chi connectivity index (χ4n) is 1.65. The molecule has 7 heteroatoms. The number of amides is 1. The molecule has 1 saturated heterocycles. The molecule has 0 aromatic rings. The van der Waals surface area contributed by atoms with Crippen LogP contribution in [0.5, 0.6) is 0 Å². The molecular weight excluding hydrogens is 240 g/mol. The maximum atomic E-state index is 11.8. The van der Waals surface area contributed by atoms with Gasteiger partial charge in [-0.05, 0) is 20.8 Å². The standard InChI is InChI=1S/C11H16N2O5/c1-4-16-8-11(7-12,9(14)17-5-2)13(8)10(15)18-6-3/h8H,4-6H2,1-3H3. The van der Waals surface area contributed by atoms with Gasteiger partial charge in [0.05, 0.1) is 13.2 Å². The number of nitrogens with zero attached hydrogens (tertiary/aromatic N) is 2. The van der Waals surface area contributed by atoms with Gasteiger partial charge in [0.2, 0.25) is 0 Å². The summed E-state index contributed by atoms with van der Waals surface area (Å²) in [5.74, 6) is -0.793. The van der Waals surface area contributed by atoms with E-state index in [1.807, 2.05) is 0 Å². The van der Waals surface area contributed by atoms with Crippen molar-refractivity contribution in [1.29, 1.82) is 5.26 Å². The van der Waals surface area contributed by atoms with Crippen LogP contribution in [0.25, 0.3) is 0 Å². The highest BCUT2D eigenvalue weighted by atomic mass is 16.6. The van der Waals surface area contributed by atoms with E-state index >= 15 is 0 Å². The lowest BCUT2D eigenvalue weighted by Crippen LogP contribution is -2.33. The van der Waals surface area contributed by atoms with E-state index in [1.165, 1.54) is 0 Å². The van der Waals surface area contributed by atoms with Gasteiger partial charge in [-0.3, -0.25) is 0 Å². The van der Waals surface area contributed by atoms with Gasteiger partial charge in [0.1, 0.15) is 6.07 Å². The highest BCUT2D eigenvalue weighted by Crippen LogP contribution is 2.43. The Morgan fingerprint density at radius 1 is 1.22 bits per heavy atom. The summed E-state index contributed by atoms with van der Waals surface area (Å²) >= 11 is 0. The zero-order valence-corrected chi connectivity index (χ0v) is 10.6. The molecule has 100 valence electrons. The Labute approximate surface area is 105 Å². The maximum Gasteiger partial charge on any atom is 0.413 e. The summed E-state index contributed by atoms with van der Waals surface area (Å²) in [6, 6.07) is 1.79. The normalized spacial score (nSPS) is 25.2. The van der Waals surface area contributed by atoms with Crippen molar-refractivity contribution in [3.05, 3.63) is 0 Å². The second-order valence-electron chi connectivity index (χ2n) is 3.48. The van der Waals surface area contributed by atoms with Gasteiger partial charge in [-0.15, -0.1) is 0 Å². The number of carbonyl (C=O) groups is 2. The van der Waals surface area contributed by atoms with Crippen LogP contribution in [-0.2, 0) is 19.0 Å². The van der Waals surface area contributed by atoms with E-state index in [-0.39, 0.29) is 19.8 Å². The lowest BCUT2D eigenvalue weighted by molar-refractivity contribution is -0.146. The number of rotatable bonds is 5. The molecule has 2 unspecified atom stereocenters. The van der Waals surface area contributed by atoms with Crippen molar-refractivity contribution in [1.82, 2.24) is 4.90 Å². The molecule has 0 spiro atoms. The van der Waals surface area contributed by atoms with E-state index in [0.29, 0.717) is 0 Å². The Morgan fingerprint density at radius 2 is 1.83 bits per heavy atom. The molecule has 1 fully saturated rings. The van der Waals surface area contributed by atoms with Crippen molar-refractivity contribution < 1.29 is 23.8 Å². The number of carbonyl (C=O) groups excluding carboxylic acids is 2. The highest BCUT2D eigenvalue weighted by Gasteiger charge is 2.75. The SMILES string of the molecule is CCOC(=O)N1C(OCC)C1(C#N)C(=O)OCC. The van der Waals surface area contributed by atoms with Crippen molar-refractivity contribution in [2.75, 3.05) is 19.8 Å². The summed E-state index contributed by atoms with van der Waals surface area (Å²) in [4.78, 5) is 24.4. The molecule has 0 N–H and O–H groups in total. The number of esters is 1. The van der Waals surface area contributed by atoms with Gasteiger partial charge in [-0.1, -0.05) is 0 Å². The van der Waals surface area contributed by atoms with Crippen LogP contribution < -0.4 is 0 Å². The zero-order valence-electron chi connectivity index (χ0n) is 10.6. The van der Waals surface area contributed by atoms with Crippen LogP contribution >= 0.6 is 0 Å². The summed E-state index contributed by atoms with van der Waals surface area (Å²) in [6.07, 6.45) is -1.70. The van der Waals surface area contributed by atoms with Crippen LogP contribution in [0.3, 0.4) is 0 Å². The minimum Gasteiger partial charge on any atom is -0.463 e. The number of nitriles is 1. The lowest BCUT2D eigenvalue weighted by Gasteiger charge is -2.07. The van der Waals surface area contributed by atoms with Crippen molar-refractivity contribution in [3.63, 3.8) is 0 Å². The topological polar surface area (TPSA) is 88.6 Å². The summed E-state index contributed by atoms with van der Waals surface area (Å²) < 4.78 is 14.8. The molecule has 0 aromatic heterocycles. The van der Waals surface area contributed by atoms with Crippen LogP contribution in [0, 0.1) is 11.3 Å². The monoisotopic (exact) mass is 256 g/mol. The van der Waals surface area contributed by atoms with Gasteiger partial charge in [-0.25, -0.2) is 14.5 Å². The van der Waals surface area contributed by atoms with Crippen LogP contribution in [0.15, 0.2) is 0 Å². The van der Waals surface area contributed by atoms with Crippen molar-refractivity contribution in [2.24, 2.45) is 0 Å². The van der Waals surface area contributed by atoms with Gasteiger partial charge < -0.3 is 14.2 Å². The third-order valence-electron chi connectivity index (χ3n) is 2.45. The second-order valence-corrected chi connectivity index (χ2v) is 3.48. The van der Waals surface area contributed by atoms with E-state index < -0.39 is 23.8 Å². The van der Waals surface area contributed by atoms with Crippen LogP contribution in [0.2, 0.25) is 0 Å². The Hall–Kier alpha value is -1.81. The Balaban J connectivity index is 2.92. The molecule has 0 saturated carbocycles. The predicted octanol–water partition coefficient (Wildman–Crippen LogP) is 0.647. The number of hydrogen-bond donors (Lipinski definition) is 0. The Kier molecular flexibility index (Phi) is 4.50. The molecule has 1 amide bonds. The fraction of sp³-hybridized carbons (Fsp3) is 0.727. The van der Waals surface area contributed by atoms with E-state index in [0.717, 1.165) is 4.90 Å². The Morgan fingerprint density at radius 3 is 2.28 bits per heavy atom. The van der Waals surface area contributed by atoms with Crippen molar-refractivity contribution in [3.8, 4) is 6.07 Å². The first-order valence-electron chi connectivity index (χ1n) is 5.76. The summed E-state index contributed by atoms with van der Waals surface area (Å²) in [5, 5.41) is 9.16. The predicted molar refractivity (Wildman–Crippen MR) is 59.3 cm³/mol. The second kappa shape index (κ2) is 5.69. The largest absolute Gasteiger partial charge is 0.463 e. The van der Waals surface area contributed by atoms with Gasteiger partial charge in [0.25, 0.3) is 5.54 Å². The zero-order chi connectivity index (χ0) is 13.8. The summed E-state index contributed by atoms with van der Waals surface area (Å²) in [7, 11) is 0. The molecule has 1 rings (SSSR count). The molecule has 0 aromatic carbocycles. The van der Waals surface area contributed by atoms with Crippen molar-refractivity contribution in [2.45, 2.75) is 32.5 Å². The molecule has 0 bridgehead atoms. The molecule has 2 atom stereocenters. The van der Waals surface area contributed by atoms with Gasteiger partial charge in [0, 0.05) is 6.61 Å². The minimum absolute atomic E-state index is 0.123. The molecule has 7 nitrogen and oxygen atoms in total. The van der Waals surface area contributed by atoms with E-state index in [9.17, 15) is 9.59 Å². The molecule has 0 aliphatic carbocycles. The first kappa shape index (κ1) is 14.3. The third kappa shape index (κ3) is 2.11. The Bertz CT molecular complexity index is 378. The third-order valence-corrected chi connectivity index (χ3v) is 2.45. The van der Waals surface area contributed by atoms with E-state index in [2.05, 4.69) is 0 Å². The van der Waals surface area contributed by atoms with Crippen LogP contribution in [0.4, 0.5) is 4.79 Å². The quantitative estimate of drug-likeness (QED) is 0.530. The van der Waals surface area contributed by atoms with Crippen molar-refractivity contribution >= 4 is 12.1 Å². The number of hydrogen-bond acceptors (Lipinski definition) is 6. The lowest BCUT2D eigenvalue weighted by atomic mass is 10.2. The van der Waals surface area contributed by atoms with Crippen LogP contribution in [-0.4, -0.2) is 48.5 Å². The van der Waals surface area contributed by atoms with Crippen LogP contribution in [0.1, 0.15) is 20.8 Å². The van der Waals surface area contributed by atoms with E-state index in [1.54, 1.807) is 26.8 Å². The highest BCUT2D eigenvalue weighted by molar-refractivity contribution is 5.95. The molecule has 1 heterocycles. The molecular formula is C11H16N2O5. The average Bonchev–Trinajstić information content (AvgIpc) is 2.99. The molecule has 0 radical (unpaired) electrons. The van der Waals surface area contributed by atoms with E-state index in [4.69, 9.17) is 19.5 Å². The first-order chi connectivity index (χ1) is 8.59. The van der Waals surface area contributed by atoms with Gasteiger partial charge in [-0.2, -0.15) is 5.26 Å². The molecule has 1 aliphatic rings. The minimum atomic E-state index is -1.71. The summed E-state index contributed by atoms with van der Waals surface area (Å²) in [5.41, 5.74) is -1.71. The smallest absolute Gasteiger partial charge is 0.413 e. The maximum absolute atomic E-state index is 11.8. The molecule has 18 heavy (non-hydrogen) atoms. The average molecular weight is 256 g/mol. The molecule has 1 aliphatic heterocycles. The van der Waals surface area contributed by atoms with Gasteiger partial charge >= 0.3 is 12.1 Å². The van der Waals surface area contributed by atoms with Gasteiger partial charge in [0.15, 0.2) is 6.23 Å². The fourth-order valence-corrected chi connectivity index (χ4v) is 1.65. The first-order valence-corrected chi connectivity index (χ1v) is 5.76. The summed E-state index contributed by atoms with van der Waals surface area (Å²) in [6.45, 7) is 5.50. The number of ether oxygens (including phenoxy) is 3.